The maximum Gasteiger partial charge on any atom is 0.0223 e. The summed E-state index contributed by atoms with van der Waals surface area (Å²) in [5.41, 5.74) is 0. The standard InChI is InChI=1S/C15H28N2/c1-2-3-7-11-17-12-10-16-15(13-17)14-8-5-4-6-9-14/h2-3,14-16H,4-13H2,1H3/b3-2+. The maximum absolute atomic E-state index is 3.75. The summed E-state index contributed by atoms with van der Waals surface area (Å²) in [6, 6.07) is 0.773. The second-order valence-electron chi connectivity index (χ2n) is 5.62. The average molecular weight is 236 g/mol. The van der Waals surface area contributed by atoms with Crippen LogP contribution in [-0.4, -0.2) is 37.1 Å². The quantitative estimate of drug-likeness (QED) is 0.755. The molecule has 1 aliphatic heterocycles. The molecule has 1 saturated carbocycles. The highest BCUT2D eigenvalue weighted by Crippen LogP contribution is 2.27. The Morgan fingerprint density at radius 2 is 2.06 bits per heavy atom. The largest absolute Gasteiger partial charge is 0.311 e. The van der Waals surface area contributed by atoms with Gasteiger partial charge in [-0.15, -0.1) is 0 Å². The van der Waals surface area contributed by atoms with E-state index in [1.807, 2.05) is 0 Å². The lowest BCUT2D eigenvalue weighted by molar-refractivity contribution is 0.148. The smallest absolute Gasteiger partial charge is 0.0223 e. The van der Waals surface area contributed by atoms with Crippen molar-refractivity contribution in [2.75, 3.05) is 26.2 Å². The highest BCUT2D eigenvalue weighted by atomic mass is 15.2. The fraction of sp³-hybridized carbons (Fsp3) is 0.867. The molecule has 0 spiro atoms. The Balaban J connectivity index is 1.75. The van der Waals surface area contributed by atoms with E-state index in [2.05, 4.69) is 29.3 Å². The fourth-order valence-electron chi connectivity index (χ4n) is 3.32. The van der Waals surface area contributed by atoms with Crippen LogP contribution in [0.3, 0.4) is 0 Å². The van der Waals surface area contributed by atoms with Gasteiger partial charge in [-0.05, 0) is 32.1 Å². The molecule has 2 aliphatic rings. The first-order valence-corrected chi connectivity index (χ1v) is 7.47. The Morgan fingerprint density at radius 1 is 1.24 bits per heavy atom. The first-order valence-electron chi connectivity index (χ1n) is 7.47. The second-order valence-corrected chi connectivity index (χ2v) is 5.62. The molecule has 1 unspecified atom stereocenters. The third-order valence-corrected chi connectivity index (χ3v) is 4.36. The van der Waals surface area contributed by atoms with E-state index in [4.69, 9.17) is 0 Å². The zero-order chi connectivity index (χ0) is 11.9. The molecule has 0 aromatic heterocycles. The van der Waals surface area contributed by atoms with Gasteiger partial charge in [-0.1, -0.05) is 31.4 Å². The van der Waals surface area contributed by atoms with Gasteiger partial charge in [-0.2, -0.15) is 0 Å². The van der Waals surface area contributed by atoms with Gasteiger partial charge in [0.2, 0.25) is 0 Å². The van der Waals surface area contributed by atoms with Gasteiger partial charge in [-0.3, -0.25) is 0 Å². The highest BCUT2D eigenvalue weighted by Gasteiger charge is 2.27. The molecule has 1 atom stereocenters. The van der Waals surface area contributed by atoms with Crippen molar-refractivity contribution in [3.63, 3.8) is 0 Å². The van der Waals surface area contributed by atoms with Crippen molar-refractivity contribution in [3.05, 3.63) is 12.2 Å². The minimum Gasteiger partial charge on any atom is -0.311 e. The summed E-state index contributed by atoms with van der Waals surface area (Å²) in [5.74, 6) is 0.952. The number of nitrogens with one attached hydrogen (secondary N) is 1. The zero-order valence-electron chi connectivity index (χ0n) is 11.3. The molecule has 1 heterocycles. The maximum atomic E-state index is 3.75. The lowest BCUT2D eigenvalue weighted by Crippen LogP contribution is -2.54. The molecule has 1 saturated heterocycles. The number of allylic oxidation sites excluding steroid dienone is 1. The van der Waals surface area contributed by atoms with Gasteiger partial charge in [0.15, 0.2) is 0 Å². The number of hydrogen-bond acceptors (Lipinski definition) is 2. The van der Waals surface area contributed by atoms with Crippen LogP contribution in [0.1, 0.15) is 45.4 Å². The van der Waals surface area contributed by atoms with Gasteiger partial charge in [-0.25, -0.2) is 0 Å². The van der Waals surface area contributed by atoms with Gasteiger partial charge in [0.25, 0.3) is 0 Å². The summed E-state index contributed by atoms with van der Waals surface area (Å²) >= 11 is 0. The Kier molecular flexibility index (Phi) is 5.53. The third-order valence-electron chi connectivity index (χ3n) is 4.36. The van der Waals surface area contributed by atoms with Crippen molar-refractivity contribution >= 4 is 0 Å². The molecule has 2 heteroatoms. The molecule has 17 heavy (non-hydrogen) atoms. The van der Waals surface area contributed by atoms with E-state index < -0.39 is 0 Å². The van der Waals surface area contributed by atoms with Gasteiger partial charge in [0.1, 0.15) is 0 Å². The summed E-state index contributed by atoms with van der Waals surface area (Å²) in [6.45, 7) is 7.07. The molecule has 98 valence electrons. The van der Waals surface area contributed by atoms with Crippen LogP contribution in [0.4, 0.5) is 0 Å². The van der Waals surface area contributed by atoms with Crippen molar-refractivity contribution < 1.29 is 0 Å². The first-order chi connectivity index (χ1) is 8.40. The first kappa shape index (κ1) is 13.1. The lowest BCUT2D eigenvalue weighted by Gasteiger charge is -2.39. The van der Waals surface area contributed by atoms with Gasteiger partial charge in [0.05, 0.1) is 0 Å². The molecule has 0 radical (unpaired) electrons. The molecule has 1 N–H and O–H groups in total. The van der Waals surface area contributed by atoms with E-state index >= 15 is 0 Å². The van der Waals surface area contributed by atoms with Crippen molar-refractivity contribution in [2.45, 2.75) is 51.5 Å². The van der Waals surface area contributed by atoms with Crippen molar-refractivity contribution in [1.29, 1.82) is 0 Å². The van der Waals surface area contributed by atoms with Gasteiger partial charge >= 0.3 is 0 Å². The van der Waals surface area contributed by atoms with Crippen LogP contribution in [-0.2, 0) is 0 Å². The molecular formula is C15H28N2. The third kappa shape index (κ3) is 4.11. The van der Waals surface area contributed by atoms with E-state index in [9.17, 15) is 0 Å². The SMILES string of the molecule is C/C=C/CCN1CCNC(C2CCCCC2)C1. The van der Waals surface area contributed by atoms with Crippen LogP contribution in [0.15, 0.2) is 12.2 Å². The molecule has 2 rings (SSSR count). The van der Waals surface area contributed by atoms with E-state index in [0.717, 1.165) is 12.0 Å². The monoisotopic (exact) mass is 236 g/mol. The summed E-state index contributed by atoms with van der Waals surface area (Å²) in [6.07, 6.45) is 13.0. The summed E-state index contributed by atoms with van der Waals surface area (Å²) in [7, 11) is 0. The topological polar surface area (TPSA) is 15.3 Å². The average Bonchev–Trinajstić information content (AvgIpc) is 2.41. The van der Waals surface area contributed by atoms with Crippen molar-refractivity contribution in [3.8, 4) is 0 Å². The minimum atomic E-state index is 0.773. The van der Waals surface area contributed by atoms with Crippen molar-refractivity contribution in [2.24, 2.45) is 5.92 Å². The van der Waals surface area contributed by atoms with E-state index in [1.54, 1.807) is 0 Å². The summed E-state index contributed by atoms with van der Waals surface area (Å²) in [5, 5.41) is 3.75. The fourth-order valence-corrected chi connectivity index (χ4v) is 3.32. The van der Waals surface area contributed by atoms with Crippen LogP contribution in [0, 0.1) is 5.92 Å². The van der Waals surface area contributed by atoms with Gasteiger partial charge < -0.3 is 10.2 Å². The lowest BCUT2D eigenvalue weighted by atomic mass is 9.83. The molecule has 0 aromatic rings. The van der Waals surface area contributed by atoms with Crippen molar-refractivity contribution in [1.82, 2.24) is 10.2 Å². The molecule has 2 nitrogen and oxygen atoms in total. The Bertz CT molecular complexity index is 231. The Labute approximate surface area is 106 Å². The van der Waals surface area contributed by atoms with E-state index in [0.29, 0.717) is 0 Å². The van der Waals surface area contributed by atoms with Gasteiger partial charge in [0, 0.05) is 32.2 Å². The Hall–Kier alpha value is -0.340. The number of rotatable bonds is 4. The van der Waals surface area contributed by atoms with E-state index in [-0.39, 0.29) is 0 Å². The van der Waals surface area contributed by atoms with Crippen LogP contribution >= 0.6 is 0 Å². The normalized spacial score (nSPS) is 28.9. The van der Waals surface area contributed by atoms with Crippen LogP contribution < -0.4 is 5.32 Å². The summed E-state index contributed by atoms with van der Waals surface area (Å²) in [4.78, 5) is 2.65. The molecule has 0 bridgehead atoms. The number of nitrogens with zero attached hydrogens (tertiary/aromatic N) is 1. The van der Waals surface area contributed by atoms with Crippen LogP contribution in [0.2, 0.25) is 0 Å². The molecule has 1 aliphatic carbocycles. The predicted octanol–water partition coefficient (Wildman–Crippen LogP) is 2.81. The van der Waals surface area contributed by atoms with E-state index in [1.165, 1.54) is 64.7 Å². The number of piperazine rings is 1. The zero-order valence-corrected chi connectivity index (χ0v) is 11.3. The number of hydrogen-bond donors (Lipinski definition) is 1. The predicted molar refractivity (Wildman–Crippen MR) is 74.2 cm³/mol. The molecular weight excluding hydrogens is 208 g/mol. The highest BCUT2D eigenvalue weighted by molar-refractivity contribution is 4.87. The van der Waals surface area contributed by atoms with Crippen LogP contribution in [0.5, 0.6) is 0 Å². The second kappa shape index (κ2) is 7.17. The van der Waals surface area contributed by atoms with Crippen LogP contribution in [0.25, 0.3) is 0 Å². The minimum absolute atomic E-state index is 0.773. The molecule has 0 amide bonds. The molecule has 2 fully saturated rings. The Morgan fingerprint density at radius 3 is 2.82 bits per heavy atom. The molecule has 0 aromatic carbocycles. The summed E-state index contributed by atoms with van der Waals surface area (Å²) < 4.78 is 0.